The number of methoxy groups -OCH3 is 1. The zero-order chi connectivity index (χ0) is 11.5. The van der Waals surface area contributed by atoms with Crippen LogP contribution < -0.4 is 4.74 Å². The maximum absolute atomic E-state index is 13.6. The van der Waals surface area contributed by atoms with Crippen LogP contribution in [0.2, 0.25) is 0 Å². The van der Waals surface area contributed by atoms with Crippen molar-refractivity contribution in [2.75, 3.05) is 7.11 Å². The van der Waals surface area contributed by atoms with Crippen molar-refractivity contribution < 1.29 is 13.9 Å². The van der Waals surface area contributed by atoms with Crippen molar-refractivity contribution in [1.82, 2.24) is 0 Å². The Hall–Kier alpha value is -1.67. The second kappa shape index (κ2) is 4.24. The molecule has 0 radical (unpaired) electrons. The first kappa shape index (κ1) is 11.4. The third-order valence-corrected chi connectivity index (χ3v) is 2.16. The van der Waals surface area contributed by atoms with Crippen LogP contribution in [-0.4, -0.2) is 13.2 Å². The summed E-state index contributed by atoms with van der Waals surface area (Å²) in [4.78, 5) is 13.7. The number of hydrogen-bond donors (Lipinski definition) is 0. The van der Waals surface area contributed by atoms with E-state index in [0.717, 1.165) is 0 Å². The van der Waals surface area contributed by atoms with Crippen LogP contribution >= 0.6 is 0 Å². The summed E-state index contributed by atoms with van der Waals surface area (Å²) in [5.41, 5.74) is -0.565. The molecule has 0 N–H and O–H groups in total. The standard InChI is InChI=1S/C11H12FNO2/c1-11(2,13-7-14)9-5-4-8(15-3)6-10(9)12/h4-6H,1-3H3. The van der Waals surface area contributed by atoms with Crippen molar-refractivity contribution in [1.29, 1.82) is 0 Å². The van der Waals surface area contributed by atoms with E-state index in [2.05, 4.69) is 4.99 Å². The SMILES string of the molecule is COc1ccc(C(C)(C)N=C=O)c(F)c1. The maximum Gasteiger partial charge on any atom is 0.235 e. The number of rotatable bonds is 3. The first-order valence-corrected chi connectivity index (χ1v) is 4.44. The predicted octanol–water partition coefficient (Wildman–Crippen LogP) is 2.41. The van der Waals surface area contributed by atoms with Gasteiger partial charge in [0.05, 0.1) is 12.6 Å². The Morgan fingerprint density at radius 3 is 2.60 bits per heavy atom. The number of benzene rings is 1. The van der Waals surface area contributed by atoms with Crippen molar-refractivity contribution in [2.24, 2.45) is 4.99 Å². The summed E-state index contributed by atoms with van der Waals surface area (Å²) in [6.45, 7) is 3.28. The maximum atomic E-state index is 13.6. The van der Waals surface area contributed by atoms with Gasteiger partial charge < -0.3 is 4.74 Å². The normalized spacial score (nSPS) is 10.7. The van der Waals surface area contributed by atoms with Gasteiger partial charge in [0.2, 0.25) is 6.08 Å². The molecule has 0 aromatic heterocycles. The van der Waals surface area contributed by atoms with Gasteiger partial charge in [-0.2, -0.15) is 4.99 Å². The highest BCUT2D eigenvalue weighted by Crippen LogP contribution is 2.28. The Kier molecular flexibility index (Phi) is 3.22. The van der Waals surface area contributed by atoms with E-state index in [1.54, 1.807) is 26.0 Å². The second-order valence-corrected chi connectivity index (χ2v) is 3.61. The largest absolute Gasteiger partial charge is 0.497 e. The number of nitrogens with zero attached hydrogens (tertiary/aromatic N) is 1. The van der Waals surface area contributed by atoms with Gasteiger partial charge in [0.25, 0.3) is 0 Å². The number of ether oxygens (including phenoxy) is 1. The molecule has 0 aliphatic heterocycles. The Morgan fingerprint density at radius 1 is 1.47 bits per heavy atom. The molecule has 0 aliphatic carbocycles. The first-order chi connectivity index (χ1) is 7.01. The molecule has 0 amide bonds. The van der Waals surface area contributed by atoms with Crippen molar-refractivity contribution in [3.05, 3.63) is 29.6 Å². The van der Waals surface area contributed by atoms with E-state index in [1.165, 1.54) is 19.3 Å². The molecule has 0 aliphatic rings. The Morgan fingerprint density at radius 2 is 2.13 bits per heavy atom. The molecule has 0 saturated heterocycles. The molecule has 3 nitrogen and oxygen atoms in total. The Labute approximate surface area is 87.6 Å². The van der Waals surface area contributed by atoms with Gasteiger partial charge in [0.15, 0.2) is 0 Å². The molecule has 0 unspecified atom stereocenters. The lowest BCUT2D eigenvalue weighted by molar-refractivity contribution is 0.408. The minimum absolute atomic E-state index is 0.339. The zero-order valence-electron chi connectivity index (χ0n) is 8.87. The molecule has 0 saturated carbocycles. The first-order valence-electron chi connectivity index (χ1n) is 4.44. The van der Waals surface area contributed by atoms with Crippen LogP contribution in [0.25, 0.3) is 0 Å². The zero-order valence-corrected chi connectivity index (χ0v) is 8.87. The minimum atomic E-state index is -0.905. The van der Waals surface area contributed by atoms with Crippen LogP contribution in [0.5, 0.6) is 5.75 Å². The van der Waals surface area contributed by atoms with E-state index in [9.17, 15) is 9.18 Å². The summed E-state index contributed by atoms with van der Waals surface area (Å²) >= 11 is 0. The van der Waals surface area contributed by atoms with E-state index < -0.39 is 11.4 Å². The van der Waals surface area contributed by atoms with Crippen molar-refractivity contribution >= 4 is 6.08 Å². The average molecular weight is 209 g/mol. The summed E-state index contributed by atoms with van der Waals surface area (Å²) in [6, 6.07) is 4.44. The van der Waals surface area contributed by atoms with Crippen molar-refractivity contribution in [3.63, 3.8) is 0 Å². The molecule has 0 heterocycles. The third kappa shape index (κ3) is 2.42. The van der Waals surface area contributed by atoms with Gasteiger partial charge in [-0.3, -0.25) is 0 Å². The molecule has 0 atom stereocenters. The fourth-order valence-electron chi connectivity index (χ4n) is 1.29. The van der Waals surface area contributed by atoms with Crippen molar-refractivity contribution in [2.45, 2.75) is 19.4 Å². The molecule has 0 fully saturated rings. The van der Waals surface area contributed by atoms with Gasteiger partial charge >= 0.3 is 0 Å². The van der Waals surface area contributed by atoms with E-state index in [0.29, 0.717) is 11.3 Å². The van der Waals surface area contributed by atoms with Crippen LogP contribution in [0.1, 0.15) is 19.4 Å². The molecular weight excluding hydrogens is 197 g/mol. The molecule has 4 heteroatoms. The van der Waals surface area contributed by atoms with Crippen molar-refractivity contribution in [3.8, 4) is 5.75 Å². The molecule has 1 rings (SSSR count). The van der Waals surface area contributed by atoms with Crippen LogP contribution in [0.15, 0.2) is 23.2 Å². The lowest BCUT2D eigenvalue weighted by Gasteiger charge is -2.18. The monoisotopic (exact) mass is 209 g/mol. The fourth-order valence-corrected chi connectivity index (χ4v) is 1.29. The predicted molar refractivity (Wildman–Crippen MR) is 54.1 cm³/mol. The molecule has 80 valence electrons. The number of isocyanates is 1. The van der Waals surface area contributed by atoms with Gasteiger partial charge in [-0.05, 0) is 26.0 Å². The topological polar surface area (TPSA) is 38.7 Å². The van der Waals surface area contributed by atoms with Gasteiger partial charge in [-0.25, -0.2) is 9.18 Å². The highest BCUT2D eigenvalue weighted by atomic mass is 19.1. The summed E-state index contributed by atoms with van der Waals surface area (Å²) in [7, 11) is 1.46. The number of halogens is 1. The molecule has 0 bridgehead atoms. The summed E-state index contributed by atoms with van der Waals surface area (Å²) in [5.74, 6) is -0.0134. The average Bonchev–Trinajstić information content (AvgIpc) is 2.17. The lowest BCUT2D eigenvalue weighted by Crippen LogP contribution is -2.15. The van der Waals surface area contributed by atoms with Gasteiger partial charge in [-0.1, -0.05) is 0 Å². The number of carbonyl (C=O) groups excluding carboxylic acids is 1. The molecule has 1 aromatic rings. The quantitative estimate of drug-likeness (QED) is 0.566. The third-order valence-electron chi connectivity index (χ3n) is 2.16. The summed E-state index contributed by atoms with van der Waals surface area (Å²) in [6.07, 6.45) is 1.44. The molecule has 1 aromatic carbocycles. The smallest absolute Gasteiger partial charge is 0.235 e. The fraction of sp³-hybridized carbons (Fsp3) is 0.364. The summed E-state index contributed by atoms with van der Waals surface area (Å²) < 4.78 is 18.5. The minimum Gasteiger partial charge on any atom is -0.497 e. The second-order valence-electron chi connectivity index (χ2n) is 3.61. The van der Waals surface area contributed by atoms with Crippen LogP contribution in [0, 0.1) is 5.82 Å². The molecule has 0 spiro atoms. The Bertz CT molecular complexity index is 409. The Balaban J connectivity index is 3.21. The van der Waals surface area contributed by atoms with Gasteiger partial charge in [0.1, 0.15) is 11.6 Å². The molecular formula is C11H12FNO2. The van der Waals surface area contributed by atoms with Crippen LogP contribution in [0.3, 0.4) is 0 Å². The van der Waals surface area contributed by atoms with E-state index in [1.807, 2.05) is 0 Å². The lowest BCUT2D eigenvalue weighted by atomic mass is 9.94. The van der Waals surface area contributed by atoms with Gasteiger partial charge in [0, 0.05) is 11.6 Å². The number of hydrogen-bond acceptors (Lipinski definition) is 3. The highest BCUT2D eigenvalue weighted by molar-refractivity contribution is 5.39. The van der Waals surface area contributed by atoms with Crippen LogP contribution in [-0.2, 0) is 10.3 Å². The highest BCUT2D eigenvalue weighted by Gasteiger charge is 2.23. The van der Waals surface area contributed by atoms with E-state index in [-0.39, 0.29) is 0 Å². The van der Waals surface area contributed by atoms with E-state index >= 15 is 0 Å². The summed E-state index contributed by atoms with van der Waals surface area (Å²) in [5, 5.41) is 0. The number of aliphatic imine (C=N–C) groups is 1. The van der Waals surface area contributed by atoms with Gasteiger partial charge in [-0.15, -0.1) is 0 Å². The van der Waals surface area contributed by atoms with E-state index in [4.69, 9.17) is 4.74 Å². The van der Waals surface area contributed by atoms with Crippen LogP contribution in [0.4, 0.5) is 4.39 Å². The molecule has 15 heavy (non-hydrogen) atoms.